The first-order valence-corrected chi connectivity index (χ1v) is 9.76. The van der Waals surface area contributed by atoms with Gasteiger partial charge in [0.2, 0.25) is 5.89 Å². The number of aromatic nitrogens is 1. The maximum atomic E-state index is 5.95. The van der Waals surface area contributed by atoms with Gasteiger partial charge >= 0.3 is 0 Å². The predicted molar refractivity (Wildman–Crippen MR) is 130 cm³/mol. The van der Waals surface area contributed by atoms with E-state index in [1.807, 2.05) is 68.4 Å². The first kappa shape index (κ1) is 21.9. The molecule has 0 aliphatic heterocycles. The normalized spacial score (nSPS) is 12.4. The summed E-state index contributed by atoms with van der Waals surface area (Å²) >= 11 is 0. The van der Waals surface area contributed by atoms with E-state index in [4.69, 9.17) is 8.83 Å². The SMILES string of the molecule is CCNC(=NCc1coc(-c2ccccc2)n1)NC(C)c1cc2ccccc2o1.I. The summed E-state index contributed by atoms with van der Waals surface area (Å²) in [4.78, 5) is 9.17. The summed E-state index contributed by atoms with van der Waals surface area (Å²) in [7, 11) is 0. The van der Waals surface area contributed by atoms with Gasteiger partial charge in [-0.3, -0.25) is 0 Å². The molecule has 0 aliphatic rings. The minimum Gasteiger partial charge on any atom is -0.459 e. The minimum absolute atomic E-state index is 0. The Hall–Kier alpha value is -2.81. The molecule has 0 saturated heterocycles. The summed E-state index contributed by atoms with van der Waals surface area (Å²) in [6, 6.07) is 19.9. The van der Waals surface area contributed by atoms with Gasteiger partial charge in [-0.05, 0) is 38.1 Å². The van der Waals surface area contributed by atoms with Gasteiger partial charge in [-0.2, -0.15) is 0 Å². The maximum absolute atomic E-state index is 5.95. The Balaban J connectivity index is 0.00000256. The third kappa shape index (κ3) is 5.21. The van der Waals surface area contributed by atoms with Gasteiger partial charge in [-0.1, -0.05) is 36.4 Å². The van der Waals surface area contributed by atoms with Crippen LogP contribution in [0, 0.1) is 0 Å². The third-order valence-electron chi connectivity index (χ3n) is 4.54. The van der Waals surface area contributed by atoms with Crippen molar-refractivity contribution >= 4 is 40.9 Å². The summed E-state index contributed by atoms with van der Waals surface area (Å²) in [5, 5.41) is 7.75. The highest BCUT2D eigenvalue weighted by Crippen LogP contribution is 2.23. The molecule has 0 saturated carbocycles. The number of nitrogens with one attached hydrogen (secondary N) is 2. The highest BCUT2D eigenvalue weighted by atomic mass is 127. The first-order chi connectivity index (χ1) is 14.2. The highest BCUT2D eigenvalue weighted by Gasteiger charge is 2.13. The lowest BCUT2D eigenvalue weighted by Gasteiger charge is -2.15. The van der Waals surface area contributed by atoms with Crippen LogP contribution in [0.1, 0.15) is 31.3 Å². The molecule has 0 fully saturated rings. The molecular weight excluding hydrogens is 491 g/mol. The van der Waals surface area contributed by atoms with Gasteiger partial charge in [0.15, 0.2) is 5.96 Å². The quantitative estimate of drug-likeness (QED) is 0.201. The number of hydrogen-bond acceptors (Lipinski definition) is 4. The Bertz CT molecular complexity index is 1070. The van der Waals surface area contributed by atoms with Crippen LogP contribution >= 0.6 is 24.0 Å². The molecule has 6 nitrogen and oxygen atoms in total. The van der Waals surface area contributed by atoms with Crippen LogP contribution in [-0.2, 0) is 6.54 Å². The standard InChI is InChI=1S/C23H24N4O2.HI/c1-3-24-23(26-16(2)21-13-18-11-7-8-12-20(18)29-21)25-14-19-15-28-22(27-19)17-9-5-4-6-10-17;/h4-13,15-16H,3,14H2,1-2H3,(H2,24,25,26);1H. The van der Waals surface area contributed by atoms with Gasteiger partial charge in [0, 0.05) is 17.5 Å². The van der Waals surface area contributed by atoms with Crippen molar-refractivity contribution in [2.45, 2.75) is 26.4 Å². The van der Waals surface area contributed by atoms with Crippen molar-refractivity contribution in [2.24, 2.45) is 4.99 Å². The van der Waals surface area contributed by atoms with Crippen molar-refractivity contribution in [3.8, 4) is 11.5 Å². The van der Waals surface area contributed by atoms with Crippen LogP contribution in [0.5, 0.6) is 0 Å². The van der Waals surface area contributed by atoms with Crippen LogP contribution in [0.15, 0.2) is 80.8 Å². The maximum Gasteiger partial charge on any atom is 0.226 e. The fourth-order valence-electron chi connectivity index (χ4n) is 3.07. The zero-order valence-electron chi connectivity index (χ0n) is 17.0. The van der Waals surface area contributed by atoms with E-state index in [9.17, 15) is 0 Å². The number of guanidine groups is 1. The monoisotopic (exact) mass is 516 g/mol. The van der Waals surface area contributed by atoms with Crippen LogP contribution in [0.3, 0.4) is 0 Å². The number of oxazole rings is 1. The molecule has 0 bridgehead atoms. The molecule has 0 spiro atoms. The summed E-state index contributed by atoms with van der Waals surface area (Å²) in [6.07, 6.45) is 1.65. The van der Waals surface area contributed by atoms with Crippen molar-refractivity contribution in [3.63, 3.8) is 0 Å². The molecule has 7 heteroatoms. The molecule has 0 amide bonds. The molecule has 2 aromatic carbocycles. The van der Waals surface area contributed by atoms with Crippen LogP contribution in [-0.4, -0.2) is 17.5 Å². The number of halogens is 1. The first-order valence-electron chi connectivity index (χ1n) is 9.76. The number of fused-ring (bicyclic) bond motifs is 1. The van der Waals surface area contributed by atoms with Gasteiger partial charge < -0.3 is 19.5 Å². The summed E-state index contributed by atoms with van der Waals surface area (Å²) in [5.41, 5.74) is 2.61. The van der Waals surface area contributed by atoms with Crippen molar-refractivity contribution in [3.05, 3.63) is 78.4 Å². The van der Waals surface area contributed by atoms with E-state index in [1.54, 1.807) is 6.26 Å². The highest BCUT2D eigenvalue weighted by molar-refractivity contribution is 14.0. The van der Waals surface area contributed by atoms with Crippen molar-refractivity contribution in [1.29, 1.82) is 0 Å². The van der Waals surface area contributed by atoms with Gasteiger partial charge in [-0.15, -0.1) is 24.0 Å². The second-order valence-electron chi connectivity index (χ2n) is 6.76. The zero-order chi connectivity index (χ0) is 20.1. The van der Waals surface area contributed by atoms with E-state index in [0.29, 0.717) is 18.4 Å². The third-order valence-corrected chi connectivity index (χ3v) is 4.54. The van der Waals surface area contributed by atoms with Crippen molar-refractivity contribution < 1.29 is 8.83 Å². The average molecular weight is 516 g/mol. The number of aliphatic imine (C=N–C) groups is 1. The van der Waals surface area contributed by atoms with E-state index < -0.39 is 0 Å². The largest absolute Gasteiger partial charge is 0.459 e. The minimum atomic E-state index is -0.0302. The molecule has 2 N–H and O–H groups in total. The lowest BCUT2D eigenvalue weighted by Crippen LogP contribution is -2.38. The number of rotatable bonds is 6. The van der Waals surface area contributed by atoms with E-state index >= 15 is 0 Å². The molecule has 1 atom stereocenters. The van der Waals surface area contributed by atoms with E-state index in [0.717, 1.165) is 34.5 Å². The number of furan rings is 1. The molecular formula is C23H25IN4O2. The molecule has 30 heavy (non-hydrogen) atoms. The second kappa shape index (κ2) is 10.3. The fraction of sp³-hybridized carbons (Fsp3) is 0.217. The summed E-state index contributed by atoms with van der Waals surface area (Å²) < 4.78 is 11.5. The van der Waals surface area contributed by atoms with E-state index in [1.165, 1.54) is 0 Å². The Labute approximate surface area is 192 Å². The predicted octanol–water partition coefficient (Wildman–Crippen LogP) is 5.52. The van der Waals surface area contributed by atoms with Gasteiger partial charge in [0.25, 0.3) is 0 Å². The average Bonchev–Trinajstić information content (AvgIpc) is 3.40. The van der Waals surface area contributed by atoms with Gasteiger partial charge in [0.05, 0.1) is 12.6 Å². The van der Waals surface area contributed by atoms with Gasteiger partial charge in [-0.25, -0.2) is 9.98 Å². The Morgan fingerprint density at radius 1 is 1.10 bits per heavy atom. The molecule has 0 radical (unpaired) electrons. The van der Waals surface area contributed by atoms with Crippen LogP contribution < -0.4 is 10.6 Å². The molecule has 4 rings (SSSR count). The topological polar surface area (TPSA) is 75.6 Å². The molecule has 2 heterocycles. The summed E-state index contributed by atoms with van der Waals surface area (Å²) in [6.45, 7) is 5.26. The Morgan fingerprint density at radius 2 is 1.87 bits per heavy atom. The lowest BCUT2D eigenvalue weighted by atomic mass is 10.2. The lowest BCUT2D eigenvalue weighted by molar-refractivity contribution is 0.488. The van der Waals surface area contributed by atoms with Crippen LogP contribution in [0.4, 0.5) is 0 Å². The van der Waals surface area contributed by atoms with Crippen LogP contribution in [0.2, 0.25) is 0 Å². The van der Waals surface area contributed by atoms with Gasteiger partial charge in [0.1, 0.15) is 23.3 Å². The summed E-state index contributed by atoms with van der Waals surface area (Å²) in [5.74, 6) is 2.17. The van der Waals surface area contributed by atoms with Crippen LogP contribution in [0.25, 0.3) is 22.4 Å². The number of nitrogens with zero attached hydrogens (tertiary/aromatic N) is 2. The molecule has 4 aromatic rings. The van der Waals surface area contributed by atoms with E-state index in [2.05, 4.69) is 26.7 Å². The Kier molecular flexibility index (Phi) is 7.51. The molecule has 0 aliphatic carbocycles. The number of benzene rings is 2. The molecule has 1 unspecified atom stereocenters. The smallest absolute Gasteiger partial charge is 0.226 e. The zero-order valence-corrected chi connectivity index (χ0v) is 19.3. The molecule has 2 aromatic heterocycles. The van der Waals surface area contributed by atoms with E-state index in [-0.39, 0.29) is 30.0 Å². The number of hydrogen-bond donors (Lipinski definition) is 2. The Morgan fingerprint density at radius 3 is 2.63 bits per heavy atom. The fourth-order valence-corrected chi connectivity index (χ4v) is 3.07. The van der Waals surface area contributed by atoms with Crippen molar-refractivity contribution in [2.75, 3.05) is 6.54 Å². The number of para-hydroxylation sites is 1. The molecule has 156 valence electrons. The van der Waals surface area contributed by atoms with Crippen molar-refractivity contribution in [1.82, 2.24) is 15.6 Å². The second-order valence-corrected chi connectivity index (χ2v) is 6.76.